The summed E-state index contributed by atoms with van der Waals surface area (Å²) >= 11 is 0. The van der Waals surface area contributed by atoms with Crippen LogP contribution in [0.3, 0.4) is 0 Å². The smallest absolute Gasteiger partial charge is 0.306 e. The highest BCUT2D eigenvalue weighted by molar-refractivity contribution is 5.72. The van der Waals surface area contributed by atoms with Gasteiger partial charge in [-0.15, -0.1) is 0 Å². The molecule has 4 unspecified atom stereocenters. The number of rotatable bonds is 0. The van der Waals surface area contributed by atoms with Gasteiger partial charge in [-0.05, 0) is 18.3 Å². The van der Waals surface area contributed by atoms with Crippen molar-refractivity contribution in [3.63, 3.8) is 0 Å². The fourth-order valence-corrected chi connectivity index (χ4v) is 2.38. The largest absolute Gasteiger partial charge is 0.462 e. The summed E-state index contributed by atoms with van der Waals surface area (Å²) in [5.74, 6) is 1.95. The van der Waals surface area contributed by atoms with E-state index < -0.39 is 0 Å². The topological polar surface area (TPSA) is 26.3 Å². The van der Waals surface area contributed by atoms with E-state index in [9.17, 15) is 4.79 Å². The van der Waals surface area contributed by atoms with Crippen molar-refractivity contribution >= 4 is 5.97 Å². The standard InChI is InChI=1S/C9H14O2/c1-5-3-8-7(6(5)2)4-9(10)11-8/h5-8H,3-4H2,1-2H3. The van der Waals surface area contributed by atoms with E-state index in [1.807, 2.05) is 0 Å². The Labute approximate surface area is 66.9 Å². The van der Waals surface area contributed by atoms with Gasteiger partial charge in [-0.1, -0.05) is 13.8 Å². The molecule has 4 atom stereocenters. The summed E-state index contributed by atoms with van der Waals surface area (Å²) in [7, 11) is 0. The van der Waals surface area contributed by atoms with Crippen molar-refractivity contribution in [2.24, 2.45) is 17.8 Å². The number of hydrogen-bond acceptors (Lipinski definition) is 2. The SMILES string of the molecule is CC1CC2OC(=O)CC2C1C. The number of esters is 1. The first kappa shape index (κ1) is 7.14. The Morgan fingerprint density at radius 2 is 2.18 bits per heavy atom. The van der Waals surface area contributed by atoms with Crippen molar-refractivity contribution < 1.29 is 9.53 Å². The molecule has 2 heteroatoms. The fourth-order valence-electron chi connectivity index (χ4n) is 2.38. The molecule has 2 fully saturated rings. The quantitative estimate of drug-likeness (QED) is 0.495. The van der Waals surface area contributed by atoms with Crippen LogP contribution in [-0.2, 0) is 9.53 Å². The van der Waals surface area contributed by atoms with E-state index in [2.05, 4.69) is 13.8 Å². The number of carbonyl (C=O) groups is 1. The van der Waals surface area contributed by atoms with E-state index in [0.29, 0.717) is 18.3 Å². The second kappa shape index (κ2) is 2.23. The normalized spacial score (nSPS) is 49.1. The van der Waals surface area contributed by atoms with Crippen molar-refractivity contribution in [1.29, 1.82) is 0 Å². The van der Waals surface area contributed by atoms with Gasteiger partial charge in [0.1, 0.15) is 6.10 Å². The zero-order valence-electron chi connectivity index (χ0n) is 7.04. The average molecular weight is 154 g/mol. The van der Waals surface area contributed by atoms with E-state index in [0.717, 1.165) is 12.3 Å². The molecule has 0 aromatic rings. The van der Waals surface area contributed by atoms with Gasteiger partial charge in [-0.2, -0.15) is 0 Å². The molecule has 1 saturated carbocycles. The molecular weight excluding hydrogens is 140 g/mol. The second-order valence-electron chi connectivity index (χ2n) is 3.97. The molecule has 62 valence electrons. The Hall–Kier alpha value is -0.530. The molecule has 0 bridgehead atoms. The molecule has 0 aromatic heterocycles. The van der Waals surface area contributed by atoms with Crippen LogP contribution in [0.4, 0.5) is 0 Å². The van der Waals surface area contributed by atoms with Crippen LogP contribution in [0, 0.1) is 17.8 Å². The van der Waals surface area contributed by atoms with Gasteiger partial charge in [0.15, 0.2) is 0 Å². The van der Waals surface area contributed by atoms with Crippen molar-refractivity contribution in [3.05, 3.63) is 0 Å². The van der Waals surface area contributed by atoms with Crippen LogP contribution in [0.2, 0.25) is 0 Å². The van der Waals surface area contributed by atoms with Gasteiger partial charge in [-0.25, -0.2) is 0 Å². The zero-order chi connectivity index (χ0) is 8.01. The monoisotopic (exact) mass is 154 g/mol. The molecule has 0 radical (unpaired) electrons. The molecule has 1 heterocycles. The molecule has 1 aliphatic heterocycles. The van der Waals surface area contributed by atoms with Gasteiger partial charge in [0, 0.05) is 5.92 Å². The molecule has 2 aliphatic rings. The highest BCUT2D eigenvalue weighted by atomic mass is 16.6. The minimum atomic E-state index is 0.0127. The summed E-state index contributed by atoms with van der Waals surface area (Å²) in [6.07, 6.45) is 2.00. The van der Waals surface area contributed by atoms with Crippen LogP contribution in [0.1, 0.15) is 26.7 Å². The molecule has 11 heavy (non-hydrogen) atoms. The lowest BCUT2D eigenvalue weighted by Crippen LogP contribution is -2.11. The number of ether oxygens (including phenoxy) is 1. The Bertz CT molecular complexity index is 188. The highest BCUT2D eigenvalue weighted by Crippen LogP contribution is 2.44. The van der Waals surface area contributed by atoms with Crippen molar-refractivity contribution in [3.8, 4) is 0 Å². The van der Waals surface area contributed by atoms with Crippen LogP contribution < -0.4 is 0 Å². The first-order valence-electron chi connectivity index (χ1n) is 4.38. The second-order valence-corrected chi connectivity index (χ2v) is 3.97. The Morgan fingerprint density at radius 3 is 2.82 bits per heavy atom. The summed E-state index contributed by atoms with van der Waals surface area (Å²) in [6, 6.07) is 0. The van der Waals surface area contributed by atoms with E-state index in [4.69, 9.17) is 4.74 Å². The fraction of sp³-hybridized carbons (Fsp3) is 0.889. The Kier molecular flexibility index (Phi) is 1.44. The van der Waals surface area contributed by atoms with Crippen LogP contribution >= 0.6 is 0 Å². The van der Waals surface area contributed by atoms with E-state index in [1.54, 1.807) is 0 Å². The van der Waals surface area contributed by atoms with Crippen LogP contribution in [0.25, 0.3) is 0 Å². The van der Waals surface area contributed by atoms with E-state index >= 15 is 0 Å². The van der Waals surface area contributed by atoms with Gasteiger partial charge in [0.2, 0.25) is 0 Å². The lowest BCUT2D eigenvalue weighted by atomic mass is 9.91. The summed E-state index contributed by atoms with van der Waals surface area (Å²) < 4.78 is 5.19. The molecule has 0 amide bonds. The molecule has 2 rings (SSSR count). The summed E-state index contributed by atoms with van der Waals surface area (Å²) in [4.78, 5) is 10.9. The first-order chi connectivity index (χ1) is 5.18. The molecule has 0 spiro atoms. The summed E-state index contributed by atoms with van der Waals surface area (Å²) in [5.41, 5.74) is 0. The summed E-state index contributed by atoms with van der Waals surface area (Å²) in [6.45, 7) is 4.48. The van der Waals surface area contributed by atoms with E-state index in [1.165, 1.54) is 0 Å². The summed E-state index contributed by atoms with van der Waals surface area (Å²) in [5, 5.41) is 0. The lowest BCUT2D eigenvalue weighted by Gasteiger charge is -2.12. The van der Waals surface area contributed by atoms with Gasteiger partial charge in [-0.3, -0.25) is 4.79 Å². The lowest BCUT2D eigenvalue weighted by molar-refractivity contribution is -0.141. The predicted octanol–water partition coefficient (Wildman–Crippen LogP) is 1.59. The Morgan fingerprint density at radius 1 is 1.45 bits per heavy atom. The minimum Gasteiger partial charge on any atom is -0.462 e. The number of hydrogen-bond donors (Lipinski definition) is 0. The minimum absolute atomic E-state index is 0.0127. The van der Waals surface area contributed by atoms with Crippen molar-refractivity contribution in [2.75, 3.05) is 0 Å². The van der Waals surface area contributed by atoms with Gasteiger partial charge >= 0.3 is 5.97 Å². The maximum Gasteiger partial charge on any atom is 0.306 e. The predicted molar refractivity (Wildman–Crippen MR) is 40.9 cm³/mol. The van der Waals surface area contributed by atoms with Gasteiger partial charge < -0.3 is 4.74 Å². The van der Waals surface area contributed by atoms with Crippen LogP contribution in [0.15, 0.2) is 0 Å². The number of fused-ring (bicyclic) bond motifs is 1. The van der Waals surface area contributed by atoms with Crippen molar-refractivity contribution in [2.45, 2.75) is 32.8 Å². The molecule has 1 aliphatic carbocycles. The zero-order valence-corrected chi connectivity index (χ0v) is 7.04. The molecule has 2 nitrogen and oxygen atoms in total. The average Bonchev–Trinajstić information content (AvgIpc) is 2.37. The third-order valence-corrected chi connectivity index (χ3v) is 3.34. The highest BCUT2D eigenvalue weighted by Gasteiger charge is 2.46. The molecule has 0 N–H and O–H groups in total. The van der Waals surface area contributed by atoms with Gasteiger partial charge in [0.05, 0.1) is 6.42 Å². The molecule has 0 aromatic carbocycles. The van der Waals surface area contributed by atoms with E-state index in [-0.39, 0.29) is 12.1 Å². The third-order valence-electron chi connectivity index (χ3n) is 3.34. The maximum absolute atomic E-state index is 10.9. The molecule has 1 saturated heterocycles. The maximum atomic E-state index is 10.9. The van der Waals surface area contributed by atoms with Crippen LogP contribution in [-0.4, -0.2) is 12.1 Å². The van der Waals surface area contributed by atoms with Crippen molar-refractivity contribution in [1.82, 2.24) is 0 Å². The first-order valence-corrected chi connectivity index (χ1v) is 4.38. The Balaban J connectivity index is 2.13. The molecular formula is C9H14O2. The van der Waals surface area contributed by atoms with Crippen LogP contribution in [0.5, 0.6) is 0 Å². The number of carbonyl (C=O) groups excluding carboxylic acids is 1. The van der Waals surface area contributed by atoms with Gasteiger partial charge in [0.25, 0.3) is 0 Å². The third kappa shape index (κ3) is 0.959.